The maximum absolute atomic E-state index is 10.2. The third-order valence-corrected chi connectivity index (χ3v) is 23.1. The SMILES string of the molecule is CC[Si](CC)(CC)O[C@H]([C@@H](C)[C@H](O[Si](C)(C)C(C)(C)C)[C@@H](C)CO)[C@@H](C)CO[Si](C)(C)C(C)(C)C. The van der Waals surface area contributed by atoms with Gasteiger partial charge in [0.05, 0.1) is 12.2 Å². The van der Waals surface area contributed by atoms with Gasteiger partial charge in [-0.25, -0.2) is 0 Å². The summed E-state index contributed by atoms with van der Waals surface area (Å²) in [4.78, 5) is 0. The predicted octanol–water partition coefficient (Wildman–Crippen LogP) is 8.69. The van der Waals surface area contributed by atoms with Crippen molar-refractivity contribution in [2.45, 2.75) is 150 Å². The normalized spacial score (nSPS) is 18.8. The number of aliphatic hydroxyl groups is 1. The first-order valence-electron chi connectivity index (χ1n) is 14.3. The molecule has 4 nitrogen and oxygen atoms in total. The highest BCUT2D eigenvalue weighted by Gasteiger charge is 2.46. The fraction of sp³-hybridized carbons (Fsp3) is 1.00. The van der Waals surface area contributed by atoms with E-state index in [0.29, 0.717) is 6.61 Å². The lowest BCUT2D eigenvalue weighted by Gasteiger charge is -2.47. The van der Waals surface area contributed by atoms with Crippen molar-refractivity contribution in [3.63, 3.8) is 0 Å². The van der Waals surface area contributed by atoms with Crippen molar-refractivity contribution in [3.8, 4) is 0 Å². The Morgan fingerprint density at radius 2 is 1.06 bits per heavy atom. The zero-order valence-corrected chi connectivity index (χ0v) is 29.6. The topological polar surface area (TPSA) is 47.9 Å². The molecular formula is C28H64O4Si3. The van der Waals surface area contributed by atoms with Crippen molar-refractivity contribution < 1.29 is 18.4 Å². The zero-order valence-electron chi connectivity index (χ0n) is 26.6. The molecule has 1 N–H and O–H groups in total. The van der Waals surface area contributed by atoms with Gasteiger partial charge in [0.1, 0.15) is 0 Å². The second-order valence-electron chi connectivity index (χ2n) is 14.2. The molecule has 0 aromatic rings. The van der Waals surface area contributed by atoms with Crippen LogP contribution in [0.3, 0.4) is 0 Å². The van der Waals surface area contributed by atoms with E-state index in [1.807, 2.05) is 0 Å². The molecular weight excluding hydrogens is 485 g/mol. The average molecular weight is 549 g/mol. The Balaban J connectivity index is 6.29. The van der Waals surface area contributed by atoms with E-state index in [2.05, 4.69) is 109 Å². The number of aliphatic hydroxyl groups excluding tert-OH is 1. The van der Waals surface area contributed by atoms with Crippen LogP contribution in [0.1, 0.15) is 83.1 Å². The van der Waals surface area contributed by atoms with E-state index in [-0.39, 0.29) is 46.6 Å². The van der Waals surface area contributed by atoms with Gasteiger partial charge >= 0.3 is 0 Å². The van der Waals surface area contributed by atoms with E-state index >= 15 is 0 Å². The maximum atomic E-state index is 10.2. The summed E-state index contributed by atoms with van der Waals surface area (Å²) in [7, 11) is -5.74. The molecule has 0 rings (SSSR count). The number of hydrogen-bond donors (Lipinski definition) is 1. The van der Waals surface area contributed by atoms with Crippen LogP contribution in [0.4, 0.5) is 0 Å². The average Bonchev–Trinajstić information content (AvgIpc) is 2.74. The highest BCUT2D eigenvalue weighted by Crippen LogP contribution is 2.42. The Morgan fingerprint density at radius 1 is 0.657 bits per heavy atom. The van der Waals surface area contributed by atoms with Gasteiger partial charge < -0.3 is 18.4 Å². The monoisotopic (exact) mass is 548 g/mol. The molecule has 0 aromatic carbocycles. The molecule has 212 valence electrons. The van der Waals surface area contributed by atoms with E-state index < -0.39 is 25.0 Å². The summed E-state index contributed by atoms with van der Waals surface area (Å²) < 4.78 is 21.0. The smallest absolute Gasteiger partial charge is 0.192 e. The third-order valence-electron chi connectivity index (χ3n) is 9.52. The first-order valence-corrected chi connectivity index (χ1v) is 22.6. The number of hydrogen-bond acceptors (Lipinski definition) is 4. The van der Waals surface area contributed by atoms with Crippen LogP contribution in [0, 0.1) is 17.8 Å². The van der Waals surface area contributed by atoms with Gasteiger partial charge in [0.25, 0.3) is 0 Å². The van der Waals surface area contributed by atoms with Gasteiger partial charge in [0.15, 0.2) is 25.0 Å². The molecule has 0 heterocycles. The van der Waals surface area contributed by atoms with Crippen LogP contribution in [0.2, 0.25) is 54.4 Å². The lowest BCUT2D eigenvalue weighted by atomic mass is 9.85. The summed E-state index contributed by atoms with van der Waals surface area (Å²) in [6.45, 7) is 37.6. The maximum Gasteiger partial charge on any atom is 0.192 e. The Hall–Kier alpha value is 0.491. The molecule has 5 atom stereocenters. The second kappa shape index (κ2) is 13.5. The Kier molecular flexibility index (Phi) is 13.7. The first-order chi connectivity index (χ1) is 15.6. The van der Waals surface area contributed by atoms with Crippen molar-refractivity contribution in [1.82, 2.24) is 0 Å². The van der Waals surface area contributed by atoms with Crippen molar-refractivity contribution in [2.75, 3.05) is 13.2 Å². The lowest BCUT2D eigenvalue weighted by Crippen LogP contribution is -2.54. The van der Waals surface area contributed by atoms with E-state index in [0.717, 1.165) is 18.1 Å². The Labute approximate surface area is 223 Å². The van der Waals surface area contributed by atoms with Crippen molar-refractivity contribution in [3.05, 3.63) is 0 Å². The van der Waals surface area contributed by atoms with Crippen LogP contribution >= 0.6 is 0 Å². The highest BCUT2D eigenvalue weighted by molar-refractivity contribution is 6.74. The molecule has 0 aliphatic heterocycles. The molecule has 0 aromatic heterocycles. The molecule has 0 aliphatic rings. The van der Waals surface area contributed by atoms with Crippen molar-refractivity contribution >= 4 is 25.0 Å². The quantitative estimate of drug-likeness (QED) is 0.208. The van der Waals surface area contributed by atoms with Crippen molar-refractivity contribution in [2.24, 2.45) is 17.8 Å². The van der Waals surface area contributed by atoms with Crippen LogP contribution in [0.25, 0.3) is 0 Å². The molecule has 0 saturated heterocycles. The van der Waals surface area contributed by atoms with E-state index in [1.54, 1.807) is 0 Å². The minimum atomic E-state index is -2.03. The van der Waals surface area contributed by atoms with E-state index in [1.165, 1.54) is 0 Å². The van der Waals surface area contributed by atoms with Gasteiger partial charge in [-0.1, -0.05) is 83.1 Å². The summed E-state index contributed by atoms with van der Waals surface area (Å²) in [5.41, 5.74) is 0. The van der Waals surface area contributed by atoms with Gasteiger partial charge in [-0.05, 0) is 54.4 Å². The van der Waals surface area contributed by atoms with Crippen LogP contribution in [0.5, 0.6) is 0 Å². The third kappa shape index (κ3) is 9.63. The molecule has 0 saturated carbocycles. The minimum absolute atomic E-state index is 0.0431. The fourth-order valence-corrected chi connectivity index (χ4v) is 9.85. The molecule has 0 aliphatic carbocycles. The number of rotatable bonds is 15. The van der Waals surface area contributed by atoms with Gasteiger partial charge in [-0.3, -0.25) is 0 Å². The van der Waals surface area contributed by atoms with Gasteiger partial charge in [-0.2, -0.15) is 0 Å². The van der Waals surface area contributed by atoms with Crippen molar-refractivity contribution in [1.29, 1.82) is 0 Å². The zero-order chi connectivity index (χ0) is 28.0. The Morgan fingerprint density at radius 3 is 1.40 bits per heavy atom. The van der Waals surface area contributed by atoms with Crippen LogP contribution < -0.4 is 0 Å². The minimum Gasteiger partial charge on any atom is -0.416 e. The van der Waals surface area contributed by atoms with Crippen LogP contribution in [-0.4, -0.2) is 55.5 Å². The van der Waals surface area contributed by atoms with Gasteiger partial charge in [-0.15, -0.1) is 0 Å². The summed E-state index contributed by atoms with van der Waals surface area (Å²) in [6.07, 6.45) is 0.00790. The molecule has 35 heavy (non-hydrogen) atoms. The summed E-state index contributed by atoms with van der Waals surface area (Å²) >= 11 is 0. The van der Waals surface area contributed by atoms with Gasteiger partial charge in [0.2, 0.25) is 0 Å². The van der Waals surface area contributed by atoms with E-state index in [4.69, 9.17) is 13.3 Å². The lowest BCUT2D eigenvalue weighted by molar-refractivity contribution is -0.0328. The molecule has 0 radical (unpaired) electrons. The van der Waals surface area contributed by atoms with Crippen LogP contribution in [0.15, 0.2) is 0 Å². The molecule has 7 heteroatoms. The Bertz CT molecular complexity index is 598. The largest absolute Gasteiger partial charge is 0.416 e. The second-order valence-corrected chi connectivity index (χ2v) is 28.5. The van der Waals surface area contributed by atoms with Gasteiger partial charge in [0, 0.05) is 31.0 Å². The molecule has 0 unspecified atom stereocenters. The summed E-state index contributed by atoms with van der Waals surface area (Å²) in [5, 5.41) is 10.5. The fourth-order valence-electron chi connectivity index (χ4n) is 4.23. The standard InChI is InChI=1S/C28H64O4Si3/c1-17-35(18-2,19-3)32-26(23(5)21-30-33(13,14)27(7,8)9)24(6)25(22(4)20-29)31-34(15,16)28(10,11)12/h22-26,29H,17-21H2,1-16H3/t22-,23-,24-,25+,26-/m0/s1. The molecule has 0 fully saturated rings. The molecule has 0 amide bonds. The van der Waals surface area contributed by atoms with Crippen LogP contribution in [-0.2, 0) is 13.3 Å². The van der Waals surface area contributed by atoms with E-state index in [9.17, 15) is 5.11 Å². The summed E-state index contributed by atoms with van der Waals surface area (Å²) in [6, 6.07) is 3.38. The molecule has 0 bridgehead atoms. The predicted molar refractivity (Wildman–Crippen MR) is 162 cm³/mol. The summed E-state index contributed by atoms with van der Waals surface area (Å²) in [5.74, 6) is 0.479. The molecule has 0 spiro atoms. The first kappa shape index (κ1) is 35.5. The highest BCUT2D eigenvalue weighted by atomic mass is 28.4.